The van der Waals surface area contributed by atoms with Crippen LogP contribution in [0.3, 0.4) is 0 Å². The first-order chi connectivity index (χ1) is 7.63. The van der Waals surface area contributed by atoms with Crippen LogP contribution in [0.25, 0.3) is 10.8 Å². The summed E-state index contributed by atoms with van der Waals surface area (Å²) in [5.74, 6) is -0.350. The molecule has 0 atom stereocenters. The molecule has 0 saturated heterocycles. The van der Waals surface area contributed by atoms with Crippen molar-refractivity contribution < 1.29 is 14.6 Å². The van der Waals surface area contributed by atoms with Gasteiger partial charge in [-0.2, -0.15) is 0 Å². The highest BCUT2D eigenvalue weighted by Crippen LogP contribution is 2.30. The maximum Gasteiger partial charge on any atom is 0.336 e. The number of carboxylic acids is 1. The summed E-state index contributed by atoms with van der Waals surface area (Å²) in [6.45, 7) is 0. The number of aromatic carboxylic acids is 1. The van der Waals surface area contributed by atoms with Crippen molar-refractivity contribution >= 4 is 28.3 Å². The molecule has 3 nitrogen and oxygen atoms in total. The van der Waals surface area contributed by atoms with E-state index in [0.717, 1.165) is 0 Å². The number of hydrogen-bond donors (Lipinski definition) is 1. The van der Waals surface area contributed by atoms with E-state index in [1.807, 2.05) is 0 Å². The quantitative estimate of drug-likeness (QED) is 0.871. The molecule has 0 saturated carbocycles. The standard InChI is InChI=1S/C12H9ClO3/c1-16-11-5-4-9(12(14)15)8-3-2-7(13)6-10(8)11/h2-6H,1H3,(H,14,15). The van der Waals surface area contributed by atoms with Crippen molar-refractivity contribution in [3.8, 4) is 5.75 Å². The fourth-order valence-electron chi connectivity index (χ4n) is 1.66. The number of halogens is 1. The lowest BCUT2D eigenvalue weighted by atomic mass is 10.0. The Balaban J connectivity index is 2.85. The van der Waals surface area contributed by atoms with E-state index in [1.165, 1.54) is 13.2 Å². The number of fused-ring (bicyclic) bond motifs is 1. The van der Waals surface area contributed by atoms with Crippen molar-refractivity contribution in [3.05, 3.63) is 40.9 Å². The van der Waals surface area contributed by atoms with Crippen LogP contribution in [-0.2, 0) is 0 Å². The molecule has 2 aromatic rings. The van der Waals surface area contributed by atoms with Gasteiger partial charge in [0.15, 0.2) is 0 Å². The molecular weight excluding hydrogens is 228 g/mol. The third kappa shape index (κ3) is 1.70. The highest BCUT2D eigenvalue weighted by Gasteiger charge is 2.11. The Morgan fingerprint density at radius 2 is 2.00 bits per heavy atom. The molecule has 0 unspecified atom stereocenters. The summed E-state index contributed by atoms with van der Waals surface area (Å²) >= 11 is 5.88. The summed E-state index contributed by atoms with van der Waals surface area (Å²) < 4.78 is 5.17. The van der Waals surface area contributed by atoms with E-state index in [-0.39, 0.29) is 5.56 Å². The van der Waals surface area contributed by atoms with E-state index in [9.17, 15) is 4.79 Å². The predicted molar refractivity (Wildman–Crippen MR) is 62.5 cm³/mol. The van der Waals surface area contributed by atoms with Crippen LogP contribution in [0.1, 0.15) is 10.4 Å². The number of ether oxygens (including phenoxy) is 1. The molecule has 1 N–H and O–H groups in total. The molecule has 0 aliphatic carbocycles. The van der Waals surface area contributed by atoms with Crippen molar-refractivity contribution in [2.45, 2.75) is 0 Å². The largest absolute Gasteiger partial charge is 0.496 e. The Hall–Kier alpha value is -1.74. The Labute approximate surface area is 97.2 Å². The number of carboxylic acid groups (broad SMARTS) is 1. The first-order valence-corrected chi connectivity index (χ1v) is 5.01. The topological polar surface area (TPSA) is 46.5 Å². The van der Waals surface area contributed by atoms with E-state index in [4.69, 9.17) is 21.4 Å². The average molecular weight is 237 g/mol. The maximum atomic E-state index is 11.0. The first kappa shape index (κ1) is 10.8. The van der Waals surface area contributed by atoms with Gasteiger partial charge in [0, 0.05) is 10.4 Å². The Kier molecular flexibility index (Phi) is 2.71. The number of carbonyl (C=O) groups is 1. The van der Waals surface area contributed by atoms with Crippen LogP contribution < -0.4 is 4.74 Å². The lowest BCUT2D eigenvalue weighted by Gasteiger charge is -2.08. The normalized spacial score (nSPS) is 10.4. The molecule has 16 heavy (non-hydrogen) atoms. The zero-order chi connectivity index (χ0) is 11.7. The van der Waals surface area contributed by atoms with Crippen LogP contribution in [0.15, 0.2) is 30.3 Å². The van der Waals surface area contributed by atoms with Crippen molar-refractivity contribution in [2.75, 3.05) is 7.11 Å². The van der Waals surface area contributed by atoms with Crippen molar-refractivity contribution in [1.82, 2.24) is 0 Å². The Bertz CT molecular complexity index is 563. The number of rotatable bonds is 2. The van der Waals surface area contributed by atoms with E-state index in [2.05, 4.69) is 0 Å². The summed E-state index contributed by atoms with van der Waals surface area (Å²) in [6.07, 6.45) is 0. The molecule has 0 aliphatic rings. The minimum atomic E-state index is -0.963. The molecule has 2 rings (SSSR count). The van der Waals surface area contributed by atoms with Gasteiger partial charge < -0.3 is 9.84 Å². The van der Waals surface area contributed by atoms with Crippen LogP contribution in [0.4, 0.5) is 0 Å². The van der Waals surface area contributed by atoms with Gasteiger partial charge in [-0.1, -0.05) is 17.7 Å². The fraction of sp³-hybridized carbons (Fsp3) is 0.0833. The highest BCUT2D eigenvalue weighted by molar-refractivity contribution is 6.31. The lowest BCUT2D eigenvalue weighted by Crippen LogP contribution is -1.98. The molecule has 0 heterocycles. The van der Waals surface area contributed by atoms with E-state index >= 15 is 0 Å². The van der Waals surface area contributed by atoms with Crippen molar-refractivity contribution in [1.29, 1.82) is 0 Å². The average Bonchev–Trinajstić information content (AvgIpc) is 2.27. The molecular formula is C12H9ClO3. The highest BCUT2D eigenvalue weighted by atomic mass is 35.5. The molecule has 0 fully saturated rings. The van der Waals surface area contributed by atoms with Crippen LogP contribution in [0.5, 0.6) is 5.75 Å². The first-order valence-electron chi connectivity index (χ1n) is 4.63. The zero-order valence-electron chi connectivity index (χ0n) is 8.53. The third-order valence-electron chi connectivity index (χ3n) is 2.39. The second-order valence-electron chi connectivity index (χ2n) is 3.31. The summed E-state index contributed by atoms with van der Waals surface area (Å²) in [7, 11) is 1.54. The monoisotopic (exact) mass is 236 g/mol. The SMILES string of the molecule is COc1ccc(C(=O)O)c2ccc(Cl)cc12. The molecule has 0 amide bonds. The predicted octanol–water partition coefficient (Wildman–Crippen LogP) is 3.20. The van der Waals surface area contributed by atoms with Crippen molar-refractivity contribution in [2.24, 2.45) is 0 Å². The van der Waals surface area contributed by atoms with E-state index < -0.39 is 5.97 Å². The minimum Gasteiger partial charge on any atom is -0.496 e. The number of methoxy groups -OCH3 is 1. The molecule has 82 valence electrons. The Morgan fingerprint density at radius 1 is 1.25 bits per heavy atom. The molecule has 2 aromatic carbocycles. The maximum absolute atomic E-state index is 11.0. The Morgan fingerprint density at radius 3 is 2.62 bits per heavy atom. The summed E-state index contributed by atoms with van der Waals surface area (Å²) in [6, 6.07) is 8.20. The second kappa shape index (κ2) is 4.02. The van der Waals surface area contributed by atoms with Gasteiger partial charge in [0.2, 0.25) is 0 Å². The van der Waals surface area contributed by atoms with Gasteiger partial charge in [-0.05, 0) is 29.7 Å². The molecule has 0 spiro atoms. The van der Waals surface area contributed by atoms with E-state index in [0.29, 0.717) is 21.5 Å². The molecule has 4 heteroatoms. The van der Waals surface area contributed by atoms with Crippen LogP contribution in [-0.4, -0.2) is 18.2 Å². The zero-order valence-corrected chi connectivity index (χ0v) is 9.28. The fourth-order valence-corrected chi connectivity index (χ4v) is 1.83. The van der Waals surface area contributed by atoms with Gasteiger partial charge in [0.1, 0.15) is 5.75 Å². The van der Waals surface area contributed by atoms with Crippen LogP contribution in [0, 0.1) is 0 Å². The van der Waals surface area contributed by atoms with Gasteiger partial charge in [-0.3, -0.25) is 0 Å². The second-order valence-corrected chi connectivity index (χ2v) is 3.75. The molecule has 0 radical (unpaired) electrons. The summed E-state index contributed by atoms with van der Waals surface area (Å²) in [5.41, 5.74) is 0.243. The summed E-state index contributed by atoms with van der Waals surface area (Å²) in [5, 5.41) is 10.9. The number of benzene rings is 2. The number of hydrogen-bond acceptors (Lipinski definition) is 2. The van der Waals surface area contributed by atoms with Gasteiger partial charge >= 0.3 is 5.97 Å². The van der Waals surface area contributed by atoms with Gasteiger partial charge in [-0.15, -0.1) is 0 Å². The van der Waals surface area contributed by atoms with Crippen molar-refractivity contribution in [3.63, 3.8) is 0 Å². The van der Waals surface area contributed by atoms with Gasteiger partial charge in [0.25, 0.3) is 0 Å². The third-order valence-corrected chi connectivity index (χ3v) is 2.62. The minimum absolute atomic E-state index is 0.243. The smallest absolute Gasteiger partial charge is 0.336 e. The van der Waals surface area contributed by atoms with Crippen LogP contribution >= 0.6 is 11.6 Å². The molecule has 0 aromatic heterocycles. The van der Waals surface area contributed by atoms with Gasteiger partial charge in [-0.25, -0.2) is 4.79 Å². The lowest BCUT2D eigenvalue weighted by molar-refractivity contribution is 0.0699. The van der Waals surface area contributed by atoms with Gasteiger partial charge in [0.05, 0.1) is 12.7 Å². The molecule has 0 aliphatic heterocycles. The van der Waals surface area contributed by atoms with E-state index in [1.54, 1.807) is 24.3 Å². The molecule has 0 bridgehead atoms. The van der Waals surface area contributed by atoms with Crippen LogP contribution in [0.2, 0.25) is 5.02 Å². The summed E-state index contributed by atoms with van der Waals surface area (Å²) in [4.78, 5) is 11.0.